The van der Waals surface area contributed by atoms with Crippen molar-refractivity contribution in [3.05, 3.63) is 58.9 Å². The topological polar surface area (TPSA) is 51.2 Å². The van der Waals surface area contributed by atoms with E-state index in [-0.39, 0.29) is 5.91 Å². The van der Waals surface area contributed by atoms with Gasteiger partial charge in [-0.15, -0.1) is 22.7 Å². The Balaban J connectivity index is 1.48. The van der Waals surface area contributed by atoms with Crippen LogP contribution in [0.4, 0.5) is 0 Å². The molecule has 0 saturated carbocycles. The first-order valence-corrected chi connectivity index (χ1v) is 8.54. The summed E-state index contributed by atoms with van der Waals surface area (Å²) in [6.07, 6.45) is 0. The number of para-hydroxylation sites is 1. The summed E-state index contributed by atoms with van der Waals surface area (Å²) < 4.78 is 5.53. The fourth-order valence-electron chi connectivity index (χ4n) is 1.83. The highest BCUT2D eigenvalue weighted by molar-refractivity contribution is 7.20. The number of benzene rings is 1. The lowest BCUT2D eigenvalue weighted by atomic mass is 10.3. The van der Waals surface area contributed by atoms with Crippen LogP contribution in [0.25, 0.3) is 9.88 Å². The predicted octanol–water partition coefficient (Wildman–Crippen LogP) is 3.68. The molecule has 0 radical (unpaired) electrons. The van der Waals surface area contributed by atoms with Crippen LogP contribution in [0.5, 0.6) is 5.75 Å². The van der Waals surface area contributed by atoms with Gasteiger partial charge in [0, 0.05) is 5.38 Å². The average Bonchev–Trinajstić information content (AvgIpc) is 3.22. The van der Waals surface area contributed by atoms with Crippen molar-refractivity contribution in [1.82, 2.24) is 10.3 Å². The van der Waals surface area contributed by atoms with Gasteiger partial charge >= 0.3 is 0 Å². The SMILES string of the molecule is O=C(NCCOc1ccccc1)c1csc(-c2cccs2)n1. The number of hydrogen-bond acceptors (Lipinski definition) is 5. The number of nitrogens with one attached hydrogen (secondary N) is 1. The maximum Gasteiger partial charge on any atom is 0.270 e. The Kier molecular flexibility index (Phi) is 4.82. The van der Waals surface area contributed by atoms with E-state index in [1.165, 1.54) is 11.3 Å². The molecule has 0 fully saturated rings. The van der Waals surface area contributed by atoms with Crippen molar-refractivity contribution >= 4 is 28.6 Å². The molecule has 0 saturated heterocycles. The first-order valence-electron chi connectivity index (χ1n) is 6.78. The molecule has 2 aromatic heterocycles. The number of hydrogen-bond donors (Lipinski definition) is 1. The lowest BCUT2D eigenvalue weighted by Crippen LogP contribution is -2.28. The van der Waals surface area contributed by atoms with Crippen molar-refractivity contribution in [2.75, 3.05) is 13.2 Å². The molecule has 4 nitrogen and oxygen atoms in total. The smallest absolute Gasteiger partial charge is 0.270 e. The number of thiophene rings is 1. The van der Waals surface area contributed by atoms with E-state index in [1.54, 1.807) is 16.7 Å². The third-order valence-electron chi connectivity index (χ3n) is 2.87. The molecule has 3 rings (SSSR count). The van der Waals surface area contributed by atoms with Gasteiger partial charge in [0.05, 0.1) is 11.4 Å². The Morgan fingerprint density at radius 2 is 2.00 bits per heavy atom. The Hall–Kier alpha value is -2.18. The average molecular weight is 330 g/mol. The fourth-order valence-corrected chi connectivity index (χ4v) is 3.45. The Labute approximate surface area is 136 Å². The van der Waals surface area contributed by atoms with E-state index < -0.39 is 0 Å². The maximum absolute atomic E-state index is 12.0. The first kappa shape index (κ1) is 14.7. The quantitative estimate of drug-likeness (QED) is 0.702. The summed E-state index contributed by atoms with van der Waals surface area (Å²) >= 11 is 3.10. The molecule has 3 aromatic rings. The highest BCUT2D eigenvalue weighted by Crippen LogP contribution is 2.27. The summed E-state index contributed by atoms with van der Waals surface area (Å²) in [5.41, 5.74) is 0.452. The van der Waals surface area contributed by atoms with Crippen molar-refractivity contribution < 1.29 is 9.53 Å². The minimum Gasteiger partial charge on any atom is -0.492 e. The minimum absolute atomic E-state index is 0.171. The largest absolute Gasteiger partial charge is 0.492 e. The fraction of sp³-hybridized carbons (Fsp3) is 0.125. The number of thiazole rings is 1. The number of carbonyl (C=O) groups excluding carboxylic acids is 1. The Morgan fingerprint density at radius 3 is 2.77 bits per heavy atom. The van der Waals surface area contributed by atoms with Gasteiger partial charge in [-0.05, 0) is 23.6 Å². The van der Waals surface area contributed by atoms with Gasteiger partial charge in [-0.3, -0.25) is 4.79 Å². The third kappa shape index (κ3) is 3.72. The van der Waals surface area contributed by atoms with Crippen LogP contribution in [-0.4, -0.2) is 24.0 Å². The normalized spacial score (nSPS) is 10.4. The standard InChI is InChI=1S/C16H14N2O2S2/c19-15(17-8-9-20-12-5-2-1-3-6-12)13-11-22-16(18-13)14-7-4-10-21-14/h1-7,10-11H,8-9H2,(H,17,19). The van der Waals surface area contributed by atoms with Crippen molar-refractivity contribution in [3.8, 4) is 15.6 Å². The van der Waals surface area contributed by atoms with Gasteiger partial charge in [0.25, 0.3) is 5.91 Å². The lowest BCUT2D eigenvalue weighted by molar-refractivity contribution is 0.0943. The molecule has 0 spiro atoms. The number of amides is 1. The first-order chi connectivity index (χ1) is 10.8. The molecule has 112 valence electrons. The van der Waals surface area contributed by atoms with Gasteiger partial charge in [-0.1, -0.05) is 24.3 Å². The molecule has 6 heteroatoms. The number of aromatic nitrogens is 1. The van der Waals surface area contributed by atoms with Gasteiger partial charge in [0.2, 0.25) is 0 Å². The number of rotatable bonds is 6. The molecule has 0 unspecified atom stereocenters. The highest BCUT2D eigenvalue weighted by atomic mass is 32.1. The Morgan fingerprint density at radius 1 is 1.14 bits per heavy atom. The van der Waals surface area contributed by atoms with Crippen LogP contribution in [0.2, 0.25) is 0 Å². The zero-order valence-electron chi connectivity index (χ0n) is 11.7. The molecule has 22 heavy (non-hydrogen) atoms. The zero-order valence-corrected chi connectivity index (χ0v) is 13.3. The second kappa shape index (κ2) is 7.20. The van der Waals surface area contributed by atoms with E-state index in [0.29, 0.717) is 18.8 Å². The van der Waals surface area contributed by atoms with Gasteiger partial charge in [0.15, 0.2) is 0 Å². The molecule has 1 amide bonds. The van der Waals surface area contributed by atoms with E-state index >= 15 is 0 Å². The second-order valence-electron chi connectivity index (χ2n) is 4.43. The summed E-state index contributed by atoms with van der Waals surface area (Å²) in [6.45, 7) is 0.872. The molecular weight excluding hydrogens is 316 g/mol. The summed E-state index contributed by atoms with van der Waals surface area (Å²) in [7, 11) is 0. The van der Waals surface area contributed by atoms with Crippen LogP contribution in [0.3, 0.4) is 0 Å². The minimum atomic E-state index is -0.171. The summed E-state index contributed by atoms with van der Waals surface area (Å²) in [6, 6.07) is 13.5. The summed E-state index contributed by atoms with van der Waals surface area (Å²) in [5.74, 6) is 0.626. The molecule has 0 bridgehead atoms. The maximum atomic E-state index is 12.0. The van der Waals surface area contributed by atoms with Crippen LogP contribution in [0, 0.1) is 0 Å². The van der Waals surface area contributed by atoms with Crippen molar-refractivity contribution in [3.63, 3.8) is 0 Å². The van der Waals surface area contributed by atoms with Crippen LogP contribution < -0.4 is 10.1 Å². The van der Waals surface area contributed by atoms with Crippen molar-refractivity contribution in [2.45, 2.75) is 0 Å². The molecule has 0 atom stereocenters. The Bertz CT molecular complexity index is 724. The number of carbonyl (C=O) groups is 1. The highest BCUT2D eigenvalue weighted by Gasteiger charge is 2.11. The van der Waals surface area contributed by atoms with Crippen molar-refractivity contribution in [1.29, 1.82) is 0 Å². The summed E-state index contributed by atoms with van der Waals surface area (Å²) in [5, 5.41) is 7.46. The third-order valence-corrected chi connectivity index (χ3v) is 4.75. The lowest BCUT2D eigenvalue weighted by Gasteiger charge is -2.06. The molecule has 1 aromatic carbocycles. The predicted molar refractivity (Wildman–Crippen MR) is 89.7 cm³/mol. The van der Waals surface area contributed by atoms with E-state index in [2.05, 4.69) is 10.3 Å². The van der Waals surface area contributed by atoms with E-state index in [4.69, 9.17) is 4.74 Å². The zero-order chi connectivity index (χ0) is 15.2. The van der Waals surface area contributed by atoms with E-state index in [1.807, 2.05) is 47.8 Å². The molecule has 0 aliphatic carbocycles. The van der Waals surface area contributed by atoms with Gasteiger partial charge in [0.1, 0.15) is 23.1 Å². The van der Waals surface area contributed by atoms with E-state index in [0.717, 1.165) is 15.6 Å². The van der Waals surface area contributed by atoms with Crippen molar-refractivity contribution in [2.24, 2.45) is 0 Å². The van der Waals surface area contributed by atoms with Gasteiger partial charge in [-0.25, -0.2) is 4.98 Å². The van der Waals surface area contributed by atoms with Crippen LogP contribution in [-0.2, 0) is 0 Å². The monoisotopic (exact) mass is 330 g/mol. The molecule has 0 aliphatic rings. The van der Waals surface area contributed by atoms with Crippen LogP contribution >= 0.6 is 22.7 Å². The number of nitrogens with zero attached hydrogens (tertiary/aromatic N) is 1. The summed E-state index contributed by atoms with van der Waals surface area (Å²) in [4.78, 5) is 17.5. The number of ether oxygens (including phenoxy) is 1. The molecular formula is C16H14N2O2S2. The van der Waals surface area contributed by atoms with Crippen LogP contribution in [0.1, 0.15) is 10.5 Å². The van der Waals surface area contributed by atoms with Crippen LogP contribution in [0.15, 0.2) is 53.2 Å². The molecule has 1 N–H and O–H groups in total. The van der Waals surface area contributed by atoms with E-state index in [9.17, 15) is 4.79 Å². The second-order valence-corrected chi connectivity index (χ2v) is 6.24. The molecule has 2 heterocycles. The molecule has 0 aliphatic heterocycles. The van der Waals surface area contributed by atoms with Gasteiger partial charge < -0.3 is 10.1 Å². The van der Waals surface area contributed by atoms with Gasteiger partial charge in [-0.2, -0.15) is 0 Å².